The molecule has 76 valence electrons. The molecule has 0 N–H and O–H groups in total. The molecule has 1 aromatic heterocycles. The van der Waals surface area contributed by atoms with Gasteiger partial charge in [-0.15, -0.1) is 0 Å². The summed E-state index contributed by atoms with van der Waals surface area (Å²) in [5.74, 6) is 0.285. The largest absolute Gasteiger partial charge is 0.244 e. The Morgan fingerprint density at radius 1 is 1.07 bits per heavy atom. The van der Waals surface area contributed by atoms with Gasteiger partial charge in [-0.25, -0.2) is 4.98 Å². The van der Waals surface area contributed by atoms with E-state index < -0.39 is 0 Å². The predicted octanol–water partition coefficient (Wildman–Crippen LogP) is 3.89. The summed E-state index contributed by atoms with van der Waals surface area (Å²) in [5, 5.41) is 0.592. The third-order valence-corrected chi connectivity index (χ3v) is 2.87. The zero-order valence-corrected chi connectivity index (χ0v) is 9.28. The average molecular weight is 218 g/mol. The van der Waals surface area contributed by atoms with Gasteiger partial charge in [0.05, 0.1) is 0 Å². The number of pyridine rings is 1. The van der Waals surface area contributed by atoms with E-state index in [0.29, 0.717) is 5.15 Å². The van der Waals surface area contributed by atoms with Gasteiger partial charge in [0.15, 0.2) is 0 Å². The summed E-state index contributed by atoms with van der Waals surface area (Å²) in [5.41, 5.74) is 2.33. The first-order chi connectivity index (χ1) is 7.29. The number of hydrogen-bond acceptors (Lipinski definition) is 1. The minimum atomic E-state index is 0.285. The average Bonchev–Trinajstić information content (AvgIpc) is 2.30. The van der Waals surface area contributed by atoms with Crippen LogP contribution in [0.25, 0.3) is 0 Å². The molecule has 1 aromatic carbocycles. The quantitative estimate of drug-likeness (QED) is 0.696. The maximum Gasteiger partial charge on any atom is 0.132 e. The fourth-order valence-corrected chi connectivity index (χ4v) is 1.93. The molecule has 0 aliphatic heterocycles. The highest BCUT2D eigenvalue weighted by Gasteiger charge is 2.11. The minimum Gasteiger partial charge on any atom is -0.244 e. The molecule has 2 heteroatoms. The van der Waals surface area contributed by atoms with E-state index in [9.17, 15) is 0 Å². The third-order valence-electron chi connectivity index (χ3n) is 2.55. The fraction of sp³-hybridized carbons (Fsp3) is 0.154. The lowest BCUT2D eigenvalue weighted by Crippen LogP contribution is -1.97. The van der Waals surface area contributed by atoms with E-state index in [1.165, 1.54) is 5.56 Å². The van der Waals surface area contributed by atoms with Crippen molar-refractivity contribution in [2.24, 2.45) is 0 Å². The summed E-state index contributed by atoms with van der Waals surface area (Å²) < 4.78 is 0. The van der Waals surface area contributed by atoms with Crippen LogP contribution < -0.4 is 0 Å². The molecule has 2 aromatic rings. The second kappa shape index (κ2) is 4.45. The van der Waals surface area contributed by atoms with Gasteiger partial charge in [0, 0.05) is 12.1 Å². The van der Waals surface area contributed by atoms with Gasteiger partial charge in [-0.2, -0.15) is 0 Å². The Morgan fingerprint density at radius 3 is 2.47 bits per heavy atom. The van der Waals surface area contributed by atoms with Crippen LogP contribution in [-0.2, 0) is 0 Å². The molecule has 0 fully saturated rings. The van der Waals surface area contributed by atoms with E-state index >= 15 is 0 Å². The monoisotopic (exact) mass is 217 g/mol. The number of halogens is 1. The molecule has 15 heavy (non-hydrogen) atoms. The lowest BCUT2D eigenvalue weighted by Gasteiger charge is -2.12. The van der Waals surface area contributed by atoms with E-state index in [1.54, 1.807) is 6.20 Å². The molecule has 0 unspecified atom stereocenters. The molecule has 0 spiro atoms. The van der Waals surface area contributed by atoms with Crippen LogP contribution in [0, 0.1) is 0 Å². The Balaban J connectivity index is 2.37. The number of benzene rings is 1. The molecule has 1 atom stereocenters. The maximum absolute atomic E-state index is 6.06. The third kappa shape index (κ3) is 2.18. The number of hydrogen-bond donors (Lipinski definition) is 0. The lowest BCUT2D eigenvalue weighted by molar-refractivity contribution is 0.912. The molecule has 0 radical (unpaired) electrons. The molecule has 0 saturated carbocycles. The zero-order valence-electron chi connectivity index (χ0n) is 8.52. The van der Waals surface area contributed by atoms with Gasteiger partial charge in [-0.3, -0.25) is 0 Å². The molecule has 2 rings (SSSR count). The van der Waals surface area contributed by atoms with Crippen molar-refractivity contribution in [1.82, 2.24) is 4.98 Å². The van der Waals surface area contributed by atoms with E-state index in [0.717, 1.165) is 5.56 Å². The molecule has 0 bridgehead atoms. The van der Waals surface area contributed by atoms with E-state index in [1.807, 2.05) is 30.3 Å². The molecule has 1 heterocycles. The van der Waals surface area contributed by atoms with Gasteiger partial charge >= 0.3 is 0 Å². The van der Waals surface area contributed by atoms with E-state index in [4.69, 9.17) is 11.6 Å². The van der Waals surface area contributed by atoms with Crippen molar-refractivity contribution in [3.05, 3.63) is 64.9 Å². The topological polar surface area (TPSA) is 12.9 Å². The molecule has 0 aliphatic rings. The summed E-state index contributed by atoms with van der Waals surface area (Å²) in [7, 11) is 0. The standard InChI is InChI=1S/C13H12ClN/c1-10(11-6-3-2-4-7-11)12-8-5-9-15-13(12)14/h2-10H,1H3/t10-/m1/s1. The number of nitrogens with zero attached hydrogens (tertiary/aromatic N) is 1. The van der Waals surface area contributed by atoms with Crippen molar-refractivity contribution < 1.29 is 0 Å². The van der Waals surface area contributed by atoms with Crippen molar-refractivity contribution in [3.63, 3.8) is 0 Å². The second-order valence-electron chi connectivity index (χ2n) is 3.52. The first-order valence-corrected chi connectivity index (χ1v) is 5.32. The maximum atomic E-state index is 6.06. The van der Waals surface area contributed by atoms with Gasteiger partial charge in [0.1, 0.15) is 5.15 Å². The van der Waals surface area contributed by atoms with Crippen LogP contribution in [0.15, 0.2) is 48.7 Å². The van der Waals surface area contributed by atoms with Crippen molar-refractivity contribution in [2.45, 2.75) is 12.8 Å². The molecular formula is C13H12ClN. The van der Waals surface area contributed by atoms with Crippen LogP contribution in [0.3, 0.4) is 0 Å². The Morgan fingerprint density at radius 2 is 1.80 bits per heavy atom. The van der Waals surface area contributed by atoms with Crippen LogP contribution in [0.2, 0.25) is 5.15 Å². The summed E-state index contributed by atoms with van der Waals surface area (Å²) in [6.07, 6.45) is 1.71. The molecule has 0 saturated heterocycles. The van der Waals surface area contributed by atoms with Gasteiger partial charge in [-0.05, 0) is 17.2 Å². The van der Waals surface area contributed by atoms with Crippen molar-refractivity contribution in [3.8, 4) is 0 Å². The molecule has 1 nitrogen and oxygen atoms in total. The van der Waals surface area contributed by atoms with Crippen LogP contribution in [0.4, 0.5) is 0 Å². The van der Waals surface area contributed by atoms with E-state index in [-0.39, 0.29) is 5.92 Å². The van der Waals surface area contributed by atoms with Crippen LogP contribution >= 0.6 is 11.6 Å². The first kappa shape index (κ1) is 10.2. The Labute approximate surface area is 94.7 Å². The Kier molecular flexibility index (Phi) is 3.02. The zero-order chi connectivity index (χ0) is 10.7. The summed E-state index contributed by atoms with van der Waals surface area (Å²) in [4.78, 5) is 4.09. The van der Waals surface area contributed by atoms with Gasteiger partial charge < -0.3 is 0 Å². The van der Waals surface area contributed by atoms with Crippen LogP contribution in [0.1, 0.15) is 24.0 Å². The summed E-state index contributed by atoms with van der Waals surface area (Å²) in [6.45, 7) is 2.14. The molecular weight excluding hydrogens is 206 g/mol. The van der Waals surface area contributed by atoms with Crippen molar-refractivity contribution >= 4 is 11.6 Å². The first-order valence-electron chi connectivity index (χ1n) is 4.94. The van der Waals surface area contributed by atoms with Crippen molar-refractivity contribution in [2.75, 3.05) is 0 Å². The van der Waals surface area contributed by atoms with Gasteiger partial charge in [-0.1, -0.05) is 54.9 Å². The Bertz CT molecular complexity index is 439. The highest BCUT2D eigenvalue weighted by Crippen LogP contribution is 2.27. The predicted molar refractivity (Wildman–Crippen MR) is 63.2 cm³/mol. The second-order valence-corrected chi connectivity index (χ2v) is 3.87. The molecule has 0 aliphatic carbocycles. The minimum absolute atomic E-state index is 0.285. The normalized spacial score (nSPS) is 12.4. The fourth-order valence-electron chi connectivity index (χ4n) is 1.64. The number of aromatic nitrogens is 1. The summed E-state index contributed by atoms with van der Waals surface area (Å²) in [6, 6.07) is 14.2. The van der Waals surface area contributed by atoms with Crippen molar-refractivity contribution in [1.29, 1.82) is 0 Å². The van der Waals surface area contributed by atoms with Gasteiger partial charge in [0.2, 0.25) is 0 Å². The Hall–Kier alpha value is -1.34. The highest BCUT2D eigenvalue weighted by molar-refractivity contribution is 6.30. The van der Waals surface area contributed by atoms with Crippen LogP contribution in [0.5, 0.6) is 0 Å². The van der Waals surface area contributed by atoms with Crippen LogP contribution in [-0.4, -0.2) is 4.98 Å². The van der Waals surface area contributed by atoms with Gasteiger partial charge in [0.25, 0.3) is 0 Å². The lowest BCUT2D eigenvalue weighted by atomic mass is 9.95. The SMILES string of the molecule is C[C@H](c1ccccc1)c1cccnc1Cl. The smallest absolute Gasteiger partial charge is 0.132 e. The molecule has 0 amide bonds. The van der Waals surface area contributed by atoms with E-state index in [2.05, 4.69) is 24.0 Å². The number of rotatable bonds is 2. The summed E-state index contributed by atoms with van der Waals surface area (Å²) >= 11 is 6.06. The highest BCUT2D eigenvalue weighted by atomic mass is 35.5.